The van der Waals surface area contributed by atoms with Gasteiger partial charge in [0.15, 0.2) is 0 Å². The number of rotatable bonds is 5. The molecule has 1 aliphatic rings. The van der Waals surface area contributed by atoms with Gasteiger partial charge in [-0.25, -0.2) is 14.6 Å². The molecule has 0 radical (unpaired) electrons. The highest BCUT2D eigenvalue weighted by molar-refractivity contribution is 7.18. The average molecular weight is 407 g/mol. The van der Waals surface area contributed by atoms with Gasteiger partial charge in [0.25, 0.3) is 5.56 Å². The molecule has 1 aliphatic carbocycles. The van der Waals surface area contributed by atoms with E-state index in [0.29, 0.717) is 16.1 Å². The van der Waals surface area contributed by atoms with E-state index in [1.165, 1.54) is 11.3 Å². The molecule has 0 N–H and O–H groups in total. The average Bonchev–Trinajstić information content (AvgIpc) is 2.98. The van der Waals surface area contributed by atoms with E-state index in [4.69, 9.17) is 9.47 Å². The highest BCUT2D eigenvalue weighted by Crippen LogP contribution is 2.36. The van der Waals surface area contributed by atoms with Gasteiger partial charge in [-0.2, -0.15) is 0 Å². The maximum absolute atomic E-state index is 13.4. The monoisotopic (exact) mass is 406 g/mol. The third-order valence-corrected chi connectivity index (χ3v) is 6.05. The summed E-state index contributed by atoms with van der Waals surface area (Å²) in [6.45, 7) is 9.03. The number of carbonyl (C=O) groups is 2. The van der Waals surface area contributed by atoms with Gasteiger partial charge in [-0.1, -0.05) is 6.92 Å². The molecule has 3 rings (SSSR count). The summed E-state index contributed by atoms with van der Waals surface area (Å²) < 4.78 is 11.5. The molecular formula is C20H26N2O5S. The molecule has 0 bridgehead atoms. The highest BCUT2D eigenvalue weighted by Gasteiger charge is 2.31. The quantitative estimate of drug-likeness (QED) is 0.708. The third kappa shape index (κ3) is 3.70. The van der Waals surface area contributed by atoms with Crippen LogP contribution < -0.4 is 5.56 Å². The van der Waals surface area contributed by atoms with Crippen LogP contribution in [0, 0.1) is 5.92 Å². The molecule has 0 saturated heterocycles. The van der Waals surface area contributed by atoms with Crippen LogP contribution in [0.4, 0.5) is 0 Å². The van der Waals surface area contributed by atoms with E-state index in [9.17, 15) is 14.4 Å². The highest BCUT2D eigenvalue weighted by atomic mass is 32.1. The SMILES string of the molecule is CCOC(=O)c1nc2sc3c(c2c(=O)n1[C@H](C)C(=O)OC(C)C)CC[C@@H](C)C3. The molecule has 7 nitrogen and oxygen atoms in total. The number of ether oxygens (including phenoxy) is 2. The molecule has 0 aromatic carbocycles. The van der Waals surface area contributed by atoms with Crippen molar-refractivity contribution in [1.29, 1.82) is 0 Å². The zero-order chi connectivity index (χ0) is 20.6. The normalized spacial score (nSPS) is 17.4. The number of hydrogen-bond donors (Lipinski definition) is 0. The van der Waals surface area contributed by atoms with Crippen molar-refractivity contribution >= 4 is 33.5 Å². The second-order valence-electron chi connectivity index (χ2n) is 7.52. The van der Waals surface area contributed by atoms with Crippen molar-refractivity contribution in [2.45, 2.75) is 66.0 Å². The fourth-order valence-corrected chi connectivity index (χ4v) is 4.91. The fourth-order valence-electron chi connectivity index (χ4n) is 3.54. The number of esters is 2. The molecule has 0 aliphatic heterocycles. The van der Waals surface area contributed by atoms with Crippen molar-refractivity contribution in [3.63, 3.8) is 0 Å². The van der Waals surface area contributed by atoms with Crippen LogP contribution in [0.1, 0.15) is 68.1 Å². The van der Waals surface area contributed by atoms with Crippen molar-refractivity contribution in [2.75, 3.05) is 6.61 Å². The minimum atomic E-state index is -0.982. The minimum Gasteiger partial charge on any atom is -0.461 e. The van der Waals surface area contributed by atoms with Gasteiger partial charge in [0.05, 0.1) is 18.1 Å². The zero-order valence-electron chi connectivity index (χ0n) is 16.9. The summed E-state index contributed by atoms with van der Waals surface area (Å²) in [7, 11) is 0. The maximum Gasteiger partial charge on any atom is 0.374 e. The molecule has 2 heterocycles. The van der Waals surface area contributed by atoms with Crippen LogP contribution in [0.3, 0.4) is 0 Å². The number of nitrogens with zero attached hydrogens (tertiary/aromatic N) is 2. The standard InChI is InChI=1S/C20H26N2O5S/c1-6-26-20(25)16-21-17-15(13-8-7-11(4)9-14(13)28-17)18(23)22(16)12(5)19(24)27-10(2)3/h10-12H,6-9H2,1-5H3/t11-,12-/m1/s1. The molecule has 0 amide bonds. The van der Waals surface area contributed by atoms with Crippen molar-refractivity contribution in [2.24, 2.45) is 5.92 Å². The summed E-state index contributed by atoms with van der Waals surface area (Å²) in [4.78, 5) is 44.6. The van der Waals surface area contributed by atoms with Crippen LogP contribution in [0.5, 0.6) is 0 Å². The molecule has 0 unspecified atom stereocenters. The predicted octanol–water partition coefficient (Wildman–Crippen LogP) is 3.27. The first-order valence-electron chi connectivity index (χ1n) is 9.68. The Hall–Kier alpha value is -2.22. The Morgan fingerprint density at radius 2 is 2.04 bits per heavy atom. The van der Waals surface area contributed by atoms with Gasteiger partial charge in [0, 0.05) is 4.88 Å². The lowest BCUT2D eigenvalue weighted by molar-refractivity contribution is -0.151. The van der Waals surface area contributed by atoms with Crippen LogP contribution >= 0.6 is 11.3 Å². The van der Waals surface area contributed by atoms with Gasteiger partial charge in [-0.05, 0) is 58.4 Å². The lowest BCUT2D eigenvalue weighted by atomic mass is 9.89. The Bertz CT molecular complexity index is 975. The van der Waals surface area contributed by atoms with Gasteiger partial charge >= 0.3 is 11.9 Å². The number of aromatic nitrogens is 2. The number of carbonyl (C=O) groups excluding carboxylic acids is 2. The molecular weight excluding hydrogens is 380 g/mol. The third-order valence-electron chi connectivity index (χ3n) is 4.90. The summed E-state index contributed by atoms with van der Waals surface area (Å²) in [5.74, 6) is -0.904. The number of aryl methyl sites for hydroxylation is 1. The molecule has 152 valence electrons. The van der Waals surface area contributed by atoms with E-state index in [1.54, 1.807) is 27.7 Å². The van der Waals surface area contributed by atoms with Crippen LogP contribution in [-0.4, -0.2) is 34.2 Å². The minimum absolute atomic E-state index is 0.149. The van der Waals surface area contributed by atoms with Crippen LogP contribution in [-0.2, 0) is 27.1 Å². The van der Waals surface area contributed by atoms with Gasteiger partial charge in [0.1, 0.15) is 10.9 Å². The number of thiophene rings is 1. The second-order valence-corrected chi connectivity index (χ2v) is 8.61. The van der Waals surface area contributed by atoms with E-state index in [0.717, 1.165) is 34.3 Å². The molecule has 0 spiro atoms. The fraction of sp³-hybridized carbons (Fsp3) is 0.600. The van der Waals surface area contributed by atoms with Crippen LogP contribution in [0.2, 0.25) is 0 Å². The molecule has 2 atom stereocenters. The van der Waals surface area contributed by atoms with Crippen molar-refractivity contribution in [3.8, 4) is 0 Å². The Balaban J connectivity index is 2.22. The first-order valence-corrected chi connectivity index (χ1v) is 10.5. The molecule has 0 fully saturated rings. The summed E-state index contributed by atoms with van der Waals surface area (Å²) in [6, 6.07) is -0.982. The van der Waals surface area contributed by atoms with E-state index >= 15 is 0 Å². The van der Waals surface area contributed by atoms with E-state index in [1.807, 2.05) is 0 Å². The lowest BCUT2D eigenvalue weighted by Crippen LogP contribution is -2.35. The Morgan fingerprint density at radius 3 is 2.68 bits per heavy atom. The van der Waals surface area contributed by atoms with E-state index < -0.39 is 18.0 Å². The summed E-state index contributed by atoms with van der Waals surface area (Å²) >= 11 is 1.46. The molecule has 8 heteroatoms. The van der Waals surface area contributed by atoms with Crippen LogP contribution in [0.25, 0.3) is 10.2 Å². The zero-order valence-corrected chi connectivity index (χ0v) is 17.7. The summed E-state index contributed by atoms with van der Waals surface area (Å²) in [6.07, 6.45) is 2.37. The summed E-state index contributed by atoms with van der Waals surface area (Å²) in [5, 5.41) is 0.518. The van der Waals surface area contributed by atoms with Gasteiger partial charge in [-0.3, -0.25) is 9.36 Å². The Morgan fingerprint density at radius 1 is 1.32 bits per heavy atom. The first-order chi connectivity index (χ1) is 13.2. The Kier molecular flexibility index (Phi) is 5.88. The van der Waals surface area contributed by atoms with E-state index in [2.05, 4.69) is 11.9 Å². The number of hydrogen-bond acceptors (Lipinski definition) is 7. The predicted molar refractivity (Wildman–Crippen MR) is 107 cm³/mol. The molecule has 28 heavy (non-hydrogen) atoms. The van der Waals surface area contributed by atoms with Crippen molar-refractivity contribution in [3.05, 3.63) is 26.6 Å². The first kappa shape index (κ1) is 20.5. The van der Waals surface area contributed by atoms with E-state index in [-0.39, 0.29) is 24.1 Å². The molecule has 2 aromatic rings. The molecule has 2 aromatic heterocycles. The summed E-state index contributed by atoms with van der Waals surface area (Å²) in [5.41, 5.74) is 0.623. The molecule has 0 saturated carbocycles. The van der Waals surface area contributed by atoms with Crippen molar-refractivity contribution in [1.82, 2.24) is 9.55 Å². The largest absolute Gasteiger partial charge is 0.461 e. The Labute approximate surface area is 167 Å². The second kappa shape index (κ2) is 8.03. The smallest absolute Gasteiger partial charge is 0.374 e. The number of fused-ring (bicyclic) bond motifs is 3. The van der Waals surface area contributed by atoms with Crippen molar-refractivity contribution < 1.29 is 19.1 Å². The van der Waals surface area contributed by atoms with Gasteiger partial charge in [-0.15, -0.1) is 11.3 Å². The van der Waals surface area contributed by atoms with Crippen LogP contribution in [0.15, 0.2) is 4.79 Å². The van der Waals surface area contributed by atoms with Gasteiger partial charge < -0.3 is 9.47 Å². The maximum atomic E-state index is 13.4. The van der Waals surface area contributed by atoms with Gasteiger partial charge in [0.2, 0.25) is 5.82 Å². The topological polar surface area (TPSA) is 87.5 Å². The lowest BCUT2D eigenvalue weighted by Gasteiger charge is -2.20.